The number of rotatable bonds is 4. The molecule has 0 fully saturated rings. The number of aliphatic hydroxyl groups is 3. The average Bonchev–Trinajstić information content (AvgIpc) is 2.42. The first kappa shape index (κ1) is 12.7. The van der Waals surface area contributed by atoms with Crippen LogP contribution in [0.15, 0.2) is 11.5 Å². The summed E-state index contributed by atoms with van der Waals surface area (Å²) in [7, 11) is -4.99. The first-order valence-electron chi connectivity index (χ1n) is 3.86. The van der Waals surface area contributed by atoms with E-state index in [9.17, 15) is 18.3 Å². The van der Waals surface area contributed by atoms with Crippen LogP contribution in [0.4, 0.5) is 0 Å². The van der Waals surface area contributed by atoms with Gasteiger partial charge in [-0.05, 0) is 0 Å². The predicted octanol–water partition coefficient (Wildman–Crippen LogP) is -2.15. The maximum Gasteiger partial charge on any atom is 0.446 e. The fourth-order valence-corrected chi connectivity index (χ4v) is 1.36. The molecule has 4 N–H and O–H groups in total. The molecule has 0 radical (unpaired) electrons. The van der Waals surface area contributed by atoms with Gasteiger partial charge in [0.05, 0.1) is 6.61 Å². The fourth-order valence-electron chi connectivity index (χ4n) is 0.997. The lowest BCUT2D eigenvalue weighted by molar-refractivity contribution is -0.147. The monoisotopic (exact) mass is 256 g/mol. The zero-order valence-corrected chi connectivity index (χ0v) is 8.42. The molecule has 1 heterocycles. The summed E-state index contributed by atoms with van der Waals surface area (Å²) in [6.45, 7) is -0.832. The second-order valence-electron chi connectivity index (χ2n) is 2.80. The highest BCUT2D eigenvalue weighted by atomic mass is 32.3. The van der Waals surface area contributed by atoms with E-state index in [1.54, 1.807) is 0 Å². The molecule has 0 aromatic heterocycles. The zero-order valence-electron chi connectivity index (χ0n) is 7.60. The van der Waals surface area contributed by atoms with Gasteiger partial charge in [-0.3, -0.25) is 4.55 Å². The van der Waals surface area contributed by atoms with Gasteiger partial charge in [0.2, 0.25) is 0 Å². The molecule has 0 bridgehead atoms. The largest absolute Gasteiger partial charge is 0.505 e. The van der Waals surface area contributed by atoms with Crippen molar-refractivity contribution in [3.63, 3.8) is 0 Å². The van der Waals surface area contributed by atoms with Gasteiger partial charge >= 0.3 is 16.4 Å². The molecule has 1 aliphatic heterocycles. The van der Waals surface area contributed by atoms with E-state index in [2.05, 4.69) is 8.92 Å². The molecule has 0 aliphatic carbocycles. The third kappa shape index (κ3) is 2.61. The second-order valence-corrected chi connectivity index (χ2v) is 3.82. The third-order valence-corrected chi connectivity index (χ3v) is 2.02. The average molecular weight is 256 g/mol. The minimum Gasteiger partial charge on any atom is -0.505 e. The molecule has 0 spiro atoms. The molecular weight excluding hydrogens is 248 g/mol. The van der Waals surface area contributed by atoms with Gasteiger partial charge in [-0.2, -0.15) is 8.42 Å². The van der Waals surface area contributed by atoms with E-state index in [1.807, 2.05) is 0 Å². The predicted molar refractivity (Wildman–Crippen MR) is 45.3 cm³/mol. The van der Waals surface area contributed by atoms with Crippen LogP contribution < -0.4 is 0 Å². The van der Waals surface area contributed by atoms with E-state index >= 15 is 0 Å². The second kappa shape index (κ2) is 4.25. The quantitative estimate of drug-likeness (QED) is 0.326. The first-order valence-corrected chi connectivity index (χ1v) is 5.22. The number of hydrogen-bond donors (Lipinski definition) is 4. The minimum atomic E-state index is -4.99. The van der Waals surface area contributed by atoms with Crippen LogP contribution in [0.2, 0.25) is 0 Å². The van der Waals surface area contributed by atoms with Crippen LogP contribution in [-0.2, 0) is 24.1 Å². The number of carbonyl (C=O) groups is 1. The van der Waals surface area contributed by atoms with Crippen molar-refractivity contribution >= 4 is 16.4 Å². The molecule has 10 heteroatoms. The van der Waals surface area contributed by atoms with E-state index in [0.29, 0.717) is 0 Å². The van der Waals surface area contributed by atoms with Crippen molar-refractivity contribution in [3.05, 3.63) is 11.5 Å². The Labute approximate surface area is 89.5 Å². The smallest absolute Gasteiger partial charge is 0.446 e. The highest BCUT2D eigenvalue weighted by molar-refractivity contribution is 7.81. The maximum absolute atomic E-state index is 11.0. The number of cyclic esters (lactones) is 1. The van der Waals surface area contributed by atoms with Gasteiger partial charge in [-0.25, -0.2) is 4.79 Å². The van der Waals surface area contributed by atoms with Crippen LogP contribution in [0, 0.1) is 0 Å². The molecule has 1 rings (SSSR count). The standard InChI is InChI=1S/C6H8O9S/c7-1-2(8)4-3(9)5(6(10)14-4)15-16(11,12)13/h2,4,7-9H,1H2,(H,11,12,13)/t2?,4-/m1/s1. The maximum atomic E-state index is 11.0. The molecule has 1 unspecified atom stereocenters. The van der Waals surface area contributed by atoms with Crippen molar-refractivity contribution in [3.8, 4) is 0 Å². The minimum absolute atomic E-state index is 0.832. The fraction of sp³-hybridized carbons (Fsp3) is 0.500. The van der Waals surface area contributed by atoms with Crippen molar-refractivity contribution in [2.24, 2.45) is 0 Å². The molecule has 1 aliphatic rings. The van der Waals surface area contributed by atoms with Crippen LogP contribution in [0.5, 0.6) is 0 Å². The lowest BCUT2D eigenvalue weighted by Gasteiger charge is -2.13. The number of carbonyl (C=O) groups excluding carboxylic acids is 1. The van der Waals surface area contributed by atoms with Crippen molar-refractivity contribution in [1.29, 1.82) is 0 Å². The Balaban J connectivity index is 2.98. The Bertz CT molecular complexity index is 421. The van der Waals surface area contributed by atoms with Gasteiger partial charge in [-0.15, -0.1) is 0 Å². The first-order chi connectivity index (χ1) is 7.26. The lowest BCUT2D eigenvalue weighted by atomic mass is 10.2. The van der Waals surface area contributed by atoms with Gasteiger partial charge in [0.15, 0.2) is 11.9 Å². The SMILES string of the molecule is O=C1O[C@H](C(O)CO)C(O)=C1OS(=O)(=O)O. The Morgan fingerprint density at radius 3 is 2.50 bits per heavy atom. The summed E-state index contributed by atoms with van der Waals surface area (Å²) in [5.41, 5.74) is 0. The molecule has 0 aromatic rings. The lowest BCUT2D eigenvalue weighted by Crippen LogP contribution is -2.31. The summed E-state index contributed by atoms with van der Waals surface area (Å²) in [6, 6.07) is 0. The van der Waals surface area contributed by atoms with E-state index in [1.165, 1.54) is 0 Å². The molecular formula is C6H8O9S. The molecule has 0 aromatic carbocycles. The van der Waals surface area contributed by atoms with Crippen LogP contribution in [0.1, 0.15) is 0 Å². The Morgan fingerprint density at radius 1 is 1.50 bits per heavy atom. The van der Waals surface area contributed by atoms with Crippen LogP contribution >= 0.6 is 0 Å². The number of hydrogen-bond acceptors (Lipinski definition) is 8. The topological polar surface area (TPSA) is 151 Å². The van der Waals surface area contributed by atoms with Crippen molar-refractivity contribution in [2.45, 2.75) is 12.2 Å². The van der Waals surface area contributed by atoms with E-state index < -0.39 is 46.7 Å². The van der Waals surface area contributed by atoms with Gasteiger partial charge in [0, 0.05) is 0 Å². The molecule has 16 heavy (non-hydrogen) atoms. The van der Waals surface area contributed by atoms with Gasteiger partial charge in [0.1, 0.15) is 6.10 Å². The molecule has 0 saturated carbocycles. The van der Waals surface area contributed by atoms with E-state index in [4.69, 9.17) is 14.8 Å². The van der Waals surface area contributed by atoms with Crippen molar-refractivity contribution < 1.29 is 42.0 Å². The summed E-state index contributed by atoms with van der Waals surface area (Å²) in [4.78, 5) is 11.0. The summed E-state index contributed by atoms with van der Waals surface area (Å²) in [5, 5.41) is 26.9. The molecule has 0 amide bonds. The summed E-state index contributed by atoms with van der Waals surface area (Å²) < 4.78 is 36.9. The molecule has 9 nitrogen and oxygen atoms in total. The Morgan fingerprint density at radius 2 is 2.06 bits per heavy atom. The number of esters is 1. The zero-order chi connectivity index (χ0) is 12.5. The Kier molecular flexibility index (Phi) is 3.38. The van der Waals surface area contributed by atoms with Crippen LogP contribution in [0.25, 0.3) is 0 Å². The summed E-state index contributed by atoms with van der Waals surface area (Å²) >= 11 is 0. The third-order valence-electron chi connectivity index (χ3n) is 1.65. The normalized spacial score (nSPS) is 23.2. The van der Waals surface area contributed by atoms with Crippen LogP contribution in [-0.4, -0.2) is 53.1 Å². The molecule has 0 saturated heterocycles. The van der Waals surface area contributed by atoms with E-state index in [0.717, 1.165) is 0 Å². The van der Waals surface area contributed by atoms with Crippen molar-refractivity contribution in [1.82, 2.24) is 0 Å². The van der Waals surface area contributed by atoms with Crippen LogP contribution in [0.3, 0.4) is 0 Å². The van der Waals surface area contributed by atoms with E-state index in [-0.39, 0.29) is 0 Å². The highest BCUT2D eigenvalue weighted by Gasteiger charge is 2.42. The number of aliphatic hydroxyl groups excluding tert-OH is 3. The molecule has 92 valence electrons. The van der Waals surface area contributed by atoms with Crippen molar-refractivity contribution in [2.75, 3.05) is 6.61 Å². The summed E-state index contributed by atoms with van der Waals surface area (Å²) in [6.07, 6.45) is -3.26. The van der Waals surface area contributed by atoms with Gasteiger partial charge < -0.3 is 24.2 Å². The molecule has 2 atom stereocenters. The highest BCUT2D eigenvalue weighted by Crippen LogP contribution is 2.24. The summed E-state index contributed by atoms with van der Waals surface area (Å²) in [5.74, 6) is -3.56. The number of ether oxygens (including phenoxy) is 1. The van der Waals surface area contributed by atoms with Gasteiger partial charge in [-0.1, -0.05) is 0 Å². The van der Waals surface area contributed by atoms with Gasteiger partial charge in [0.25, 0.3) is 5.76 Å². The Hall–Kier alpha value is -1.36.